The van der Waals surface area contributed by atoms with Crippen molar-refractivity contribution in [3.8, 4) is 0 Å². The third-order valence-corrected chi connectivity index (χ3v) is 3.80. The van der Waals surface area contributed by atoms with Gasteiger partial charge in [-0.2, -0.15) is 0 Å². The summed E-state index contributed by atoms with van der Waals surface area (Å²) in [6.45, 7) is 13.4. The van der Waals surface area contributed by atoms with Gasteiger partial charge in [0.1, 0.15) is 6.61 Å². The normalized spacial score (nSPS) is 16.0. The summed E-state index contributed by atoms with van der Waals surface area (Å²) in [6.07, 6.45) is 11.0. The van der Waals surface area contributed by atoms with E-state index in [0.29, 0.717) is 18.6 Å². The van der Waals surface area contributed by atoms with Crippen molar-refractivity contribution in [1.29, 1.82) is 0 Å². The van der Waals surface area contributed by atoms with E-state index in [9.17, 15) is 9.90 Å². The maximum atomic E-state index is 11.5. The topological polar surface area (TPSA) is 46.5 Å². The molecule has 0 aromatic rings. The van der Waals surface area contributed by atoms with E-state index in [0.717, 1.165) is 24.8 Å². The van der Waals surface area contributed by atoms with Crippen molar-refractivity contribution >= 4 is 5.97 Å². The summed E-state index contributed by atoms with van der Waals surface area (Å²) in [4.78, 5) is 11.5. The summed E-state index contributed by atoms with van der Waals surface area (Å²) in [6, 6.07) is 0. The van der Waals surface area contributed by atoms with Crippen LogP contribution in [-0.4, -0.2) is 23.3 Å². The number of carbonyl (C=O) groups is 1. The minimum atomic E-state index is -0.789. The van der Waals surface area contributed by atoms with Crippen molar-refractivity contribution in [1.82, 2.24) is 0 Å². The summed E-state index contributed by atoms with van der Waals surface area (Å²) in [7, 11) is 0. The van der Waals surface area contributed by atoms with E-state index in [-0.39, 0.29) is 5.97 Å². The van der Waals surface area contributed by atoms with Crippen LogP contribution in [-0.2, 0) is 9.53 Å². The van der Waals surface area contributed by atoms with E-state index in [4.69, 9.17) is 4.74 Å². The molecular weight excluding hydrogens is 288 g/mol. The van der Waals surface area contributed by atoms with Crippen molar-refractivity contribution < 1.29 is 14.6 Å². The lowest BCUT2D eigenvalue weighted by molar-refractivity contribution is -0.138. The van der Waals surface area contributed by atoms with Gasteiger partial charge in [0.2, 0.25) is 0 Å². The quantitative estimate of drug-likeness (QED) is 0.354. The molecule has 1 N–H and O–H groups in total. The van der Waals surface area contributed by atoms with Gasteiger partial charge in [-0.3, -0.25) is 0 Å². The van der Waals surface area contributed by atoms with Crippen molar-refractivity contribution in [3.63, 3.8) is 0 Å². The Morgan fingerprint density at radius 2 is 1.78 bits per heavy atom. The Morgan fingerprint density at radius 1 is 1.17 bits per heavy atom. The summed E-state index contributed by atoms with van der Waals surface area (Å²) >= 11 is 0. The van der Waals surface area contributed by atoms with Crippen molar-refractivity contribution in [2.45, 2.75) is 65.9 Å². The van der Waals surface area contributed by atoms with E-state index in [1.54, 1.807) is 26.0 Å². The van der Waals surface area contributed by atoms with Gasteiger partial charge in [-0.15, -0.1) is 6.58 Å². The van der Waals surface area contributed by atoms with Crippen LogP contribution in [0.2, 0.25) is 0 Å². The lowest BCUT2D eigenvalue weighted by atomic mass is 9.99. The zero-order valence-corrected chi connectivity index (χ0v) is 15.3. The molecule has 0 fully saturated rings. The summed E-state index contributed by atoms with van der Waals surface area (Å²) in [5.41, 5.74) is 2.20. The summed E-state index contributed by atoms with van der Waals surface area (Å²) in [5.74, 6) is -0.259. The molecule has 0 heterocycles. The Hall–Kier alpha value is -1.61. The SMILES string of the molecule is C=CC(C)(O)CCC=C(C)CCC=C(C)COC(=O)C(C)=CC. The number of ether oxygens (including phenoxy) is 1. The van der Waals surface area contributed by atoms with Gasteiger partial charge < -0.3 is 9.84 Å². The molecule has 1 atom stereocenters. The maximum absolute atomic E-state index is 11.5. The van der Waals surface area contributed by atoms with Crippen LogP contribution in [0.3, 0.4) is 0 Å². The fourth-order valence-electron chi connectivity index (χ4n) is 1.83. The molecule has 0 amide bonds. The van der Waals surface area contributed by atoms with Crippen LogP contribution < -0.4 is 0 Å². The van der Waals surface area contributed by atoms with Gasteiger partial charge >= 0.3 is 5.97 Å². The van der Waals surface area contributed by atoms with Crippen molar-refractivity contribution in [3.05, 3.63) is 47.6 Å². The molecule has 0 saturated carbocycles. The highest BCUT2D eigenvalue weighted by atomic mass is 16.5. The molecule has 3 nitrogen and oxygen atoms in total. The first-order valence-corrected chi connectivity index (χ1v) is 8.19. The number of hydrogen-bond donors (Lipinski definition) is 1. The second kappa shape index (κ2) is 11.0. The van der Waals surface area contributed by atoms with Crippen molar-refractivity contribution in [2.75, 3.05) is 6.61 Å². The van der Waals surface area contributed by atoms with Gasteiger partial charge in [0.25, 0.3) is 0 Å². The number of allylic oxidation sites excluding steroid dienone is 4. The molecule has 0 rings (SSSR count). The Bertz CT molecular complexity index is 479. The van der Waals surface area contributed by atoms with Gasteiger partial charge in [0, 0.05) is 5.57 Å². The molecule has 0 bridgehead atoms. The average Bonchev–Trinajstić information content (AvgIpc) is 2.51. The van der Waals surface area contributed by atoms with E-state index >= 15 is 0 Å². The molecule has 0 radical (unpaired) electrons. The lowest BCUT2D eigenvalue weighted by Gasteiger charge is -2.16. The molecule has 3 heteroatoms. The fraction of sp³-hybridized carbons (Fsp3) is 0.550. The molecule has 0 spiro atoms. The molecule has 1 unspecified atom stereocenters. The van der Waals surface area contributed by atoms with Gasteiger partial charge in [-0.25, -0.2) is 4.79 Å². The van der Waals surface area contributed by atoms with E-state index in [1.807, 2.05) is 13.8 Å². The number of rotatable bonds is 10. The van der Waals surface area contributed by atoms with Crippen LogP contribution in [0.1, 0.15) is 60.3 Å². The molecular formula is C20H32O3. The Balaban J connectivity index is 4.11. The Morgan fingerprint density at radius 3 is 2.35 bits per heavy atom. The number of esters is 1. The molecule has 0 aliphatic heterocycles. The molecule has 0 saturated heterocycles. The highest BCUT2D eigenvalue weighted by Crippen LogP contribution is 2.15. The zero-order valence-electron chi connectivity index (χ0n) is 15.3. The molecule has 130 valence electrons. The highest BCUT2D eigenvalue weighted by Gasteiger charge is 2.13. The Labute approximate surface area is 141 Å². The van der Waals surface area contributed by atoms with E-state index < -0.39 is 5.60 Å². The Kier molecular flexibility index (Phi) is 10.2. The smallest absolute Gasteiger partial charge is 0.333 e. The lowest BCUT2D eigenvalue weighted by Crippen LogP contribution is -2.19. The summed E-state index contributed by atoms with van der Waals surface area (Å²) < 4.78 is 5.20. The first-order valence-electron chi connectivity index (χ1n) is 8.19. The first-order chi connectivity index (χ1) is 10.7. The van der Waals surface area contributed by atoms with Crippen LogP contribution in [0.5, 0.6) is 0 Å². The van der Waals surface area contributed by atoms with Crippen LogP contribution in [0.4, 0.5) is 0 Å². The molecule has 23 heavy (non-hydrogen) atoms. The van der Waals surface area contributed by atoms with Crippen LogP contribution in [0.25, 0.3) is 0 Å². The highest BCUT2D eigenvalue weighted by molar-refractivity contribution is 5.87. The minimum absolute atomic E-state index is 0.259. The number of hydrogen-bond acceptors (Lipinski definition) is 3. The number of carbonyl (C=O) groups excluding carboxylic acids is 1. The zero-order chi connectivity index (χ0) is 17.9. The van der Waals surface area contributed by atoms with E-state index in [1.165, 1.54) is 5.57 Å². The van der Waals surface area contributed by atoms with Crippen LogP contribution in [0, 0.1) is 0 Å². The molecule has 0 aliphatic carbocycles. The average molecular weight is 320 g/mol. The predicted molar refractivity (Wildman–Crippen MR) is 97.2 cm³/mol. The standard InChI is InChI=1S/C20H32O3/c1-7-18(5)19(21)23-15-17(4)12-9-11-16(3)13-10-14-20(6,22)8-2/h7-8,12-13,22H,2,9-11,14-15H2,1,3-6H3. The predicted octanol–water partition coefficient (Wildman–Crippen LogP) is 4.89. The second-order valence-electron chi connectivity index (χ2n) is 6.29. The fourth-order valence-corrected chi connectivity index (χ4v) is 1.83. The third-order valence-electron chi connectivity index (χ3n) is 3.80. The van der Waals surface area contributed by atoms with Crippen LogP contribution in [0.15, 0.2) is 47.6 Å². The third kappa shape index (κ3) is 10.7. The minimum Gasteiger partial charge on any atom is -0.458 e. The molecule has 0 aromatic heterocycles. The van der Waals surface area contributed by atoms with Gasteiger partial charge in [0.15, 0.2) is 0 Å². The number of aliphatic hydroxyl groups is 1. The van der Waals surface area contributed by atoms with Gasteiger partial charge in [0.05, 0.1) is 5.60 Å². The van der Waals surface area contributed by atoms with Gasteiger partial charge in [-0.05, 0) is 65.9 Å². The largest absolute Gasteiger partial charge is 0.458 e. The summed E-state index contributed by atoms with van der Waals surface area (Å²) in [5, 5.41) is 9.84. The van der Waals surface area contributed by atoms with Crippen LogP contribution >= 0.6 is 0 Å². The first kappa shape index (κ1) is 21.4. The van der Waals surface area contributed by atoms with Gasteiger partial charge in [-0.1, -0.05) is 29.9 Å². The van der Waals surface area contributed by atoms with Crippen molar-refractivity contribution in [2.24, 2.45) is 0 Å². The van der Waals surface area contributed by atoms with E-state index in [2.05, 4.69) is 25.7 Å². The molecule has 0 aromatic carbocycles. The maximum Gasteiger partial charge on any atom is 0.333 e. The monoisotopic (exact) mass is 320 g/mol. The molecule has 0 aliphatic rings. The second-order valence-corrected chi connectivity index (χ2v) is 6.29.